The van der Waals surface area contributed by atoms with Crippen molar-refractivity contribution >= 4 is 23.0 Å². The predicted molar refractivity (Wildman–Crippen MR) is 109 cm³/mol. The van der Waals surface area contributed by atoms with Crippen LogP contribution in [0.25, 0.3) is 22.6 Å². The van der Waals surface area contributed by atoms with Crippen LogP contribution in [0.5, 0.6) is 0 Å². The summed E-state index contributed by atoms with van der Waals surface area (Å²) in [6.07, 6.45) is 1.56. The Hall–Kier alpha value is -3.88. The van der Waals surface area contributed by atoms with Gasteiger partial charge in [-0.1, -0.05) is 12.1 Å². The van der Waals surface area contributed by atoms with Gasteiger partial charge in [0.2, 0.25) is 0 Å². The molecule has 2 heterocycles. The first kappa shape index (κ1) is 19.4. The van der Waals surface area contributed by atoms with Gasteiger partial charge in [-0.15, -0.1) is 0 Å². The van der Waals surface area contributed by atoms with E-state index in [9.17, 15) is 13.6 Å². The SMILES string of the molecule is Cc1cc(F)ccc1-c1nc(N(Cc2ccc(F)cc2)C(N)=O)c2ncn(C)c2n1. The number of carbonyl (C=O) groups is 1. The van der Waals surface area contributed by atoms with Gasteiger partial charge in [0.25, 0.3) is 0 Å². The number of nitrogens with two attached hydrogens (primary N) is 1. The van der Waals surface area contributed by atoms with Gasteiger partial charge >= 0.3 is 6.03 Å². The van der Waals surface area contributed by atoms with Gasteiger partial charge in [-0.3, -0.25) is 4.90 Å². The molecule has 0 saturated carbocycles. The Morgan fingerprint density at radius 1 is 1.10 bits per heavy atom. The van der Waals surface area contributed by atoms with E-state index in [0.717, 1.165) is 0 Å². The smallest absolute Gasteiger partial charge is 0.320 e. The molecule has 2 amide bonds. The number of primary amides is 1. The summed E-state index contributed by atoms with van der Waals surface area (Å²) < 4.78 is 28.5. The Balaban J connectivity index is 1.89. The maximum Gasteiger partial charge on any atom is 0.320 e. The number of carbonyl (C=O) groups excluding carboxylic acids is 1. The van der Waals surface area contributed by atoms with Crippen LogP contribution in [-0.2, 0) is 13.6 Å². The lowest BCUT2D eigenvalue weighted by atomic mass is 10.1. The maximum absolute atomic E-state index is 13.6. The van der Waals surface area contributed by atoms with Crippen molar-refractivity contribution in [2.75, 3.05) is 4.90 Å². The summed E-state index contributed by atoms with van der Waals surface area (Å²) in [5.74, 6) is -0.221. The molecule has 0 aliphatic rings. The van der Waals surface area contributed by atoms with Gasteiger partial charge in [-0.2, -0.15) is 0 Å². The number of halogens is 2. The quantitative estimate of drug-likeness (QED) is 0.558. The standard InChI is InChI=1S/C21H18F2N6O/c1-12-9-15(23)7-8-16(12)18-26-19-17(25-11-28(19)2)20(27-18)29(21(24)30)10-13-3-5-14(22)6-4-13/h3-9,11H,10H2,1-2H3,(H2,24,30). The van der Waals surface area contributed by atoms with Gasteiger partial charge in [-0.25, -0.2) is 28.5 Å². The molecular weight excluding hydrogens is 390 g/mol. The van der Waals surface area contributed by atoms with Crippen molar-refractivity contribution in [3.05, 3.63) is 71.6 Å². The fraction of sp³-hybridized carbons (Fsp3) is 0.143. The van der Waals surface area contributed by atoms with Gasteiger partial charge in [-0.05, 0) is 48.4 Å². The summed E-state index contributed by atoms with van der Waals surface area (Å²) >= 11 is 0. The number of fused-ring (bicyclic) bond motifs is 1. The molecule has 4 aromatic rings. The maximum atomic E-state index is 13.6. The minimum atomic E-state index is -0.744. The number of urea groups is 1. The molecule has 2 N–H and O–H groups in total. The third-order valence-electron chi connectivity index (χ3n) is 4.75. The zero-order chi connectivity index (χ0) is 21.4. The highest BCUT2D eigenvalue weighted by molar-refractivity contribution is 5.98. The molecule has 0 spiro atoms. The van der Waals surface area contributed by atoms with Crippen LogP contribution in [0.15, 0.2) is 48.8 Å². The lowest BCUT2D eigenvalue weighted by Crippen LogP contribution is -2.36. The third-order valence-corrected chi connectivity index (χ3v) is 4.75. The van der Waals surface area contributed by atoms with Crippen LogP contribution in [0.2, 0.25) is 0 Å². The topological polar surface area (TPSA) is 89.9 Å². The van der Waals surface area contributed by atoms with Crippen molar-refractivity contribution in [3.8, 4) is 11.4 Å². The molecule has 7 nitrogen and oxygen atoms in total. The summed E-state index contributed by atoms with van der Waals surface area (Å²) in [4.78, 5) is 27.0. The highest BCUT2D eigenvalue weighted by atomic mass is 19.1. The van der Waals surface area contributed by atoms with Crippen molar-refractivity contribution in [1.29, 1.82) is 0 Å². The molecule has 4 rings (SSSR count). The number of nitrogens with zero attached hydrogens (tertiary/aromatic N) is 5. The van der Waals surface area contributed by atoms with E-state index in [0.29, 0.717) is 33.7 Å². The number of imidazole rings is 1. The summed E-state index contributed by atoms with van der Waals surface area (Å²) in [6.45, 7) is 1.82. The van der Waals surface area contributed by atoms with E-state index in [1.807, 2.05) is 0 Å². The van der Waals surface area contributed by atoms with Crippen molar-refractivity contribution in [1.82, 2.24) is 19.5 Å². The molecule has 0 bridgehead atoms. The van der Waals surface area contributed by atoms with Crippen molar-refractivity contribution in [2.45, 2.75) is 13.5 Å². The zero-order valence-electron chi connectivity index (χ0n) is 16.3. The molecule has 0 aliphatic carbocycles. The molecular formula is C21H18F2N6O. The summed E-state index contributed by atoms with van der Waals surface area (Å²) in [7, 11) is 1.77. The number of rotatable bonds is 4. The van der Waals surface area contributed by atoms with Gasteiger partial charge in [0, 0.05) is 12.6 Å². The third kappa shape index (κ3) is 3.57. The molecule has 30 heavy (non-hydrogen) atoms. The Morgan fingerprint density at radius 3 is 2.47 bits per heavy atom. The largest absolute Gasteiger partial charge is 0.351 e. The Morgan fingerprint density at radius 2 is 1.80 bits per heavy atom. The second-order valence-corrected chi connectivity index (χ2v) is 6.91. The van der Waals surface area contributed by atoms with Crippen LogP contribution in [0.1, 0.15) is 11.1 Å². The normalized spacial score (nSPS) is 11.1. The molecule has 2 aromatic heterocycles. The molecule has 9 heteroatoms. The van der Waals surface area contributed by atoms with Crippen molar-refractivity contribution in [3.63, 3.8) is 0 Å². The summed E-state index contributed by atoms with van der Waals surface area (Å²) in [5.41, 5.74) is 8.46. The lowest BCUT2D eigenvalue weighted by Gasteiger charge is -2.20. The second kappa shape index (κ2) is 7.51. The van der Waals surface area contributed by atoms with E-state index in [1.165, 1.54) is 29.2 Å². The van der Waals surface area contributed by atoms with Gasteiger partial charge < -0.3 is 10.3 Å². The molecule has 0 unspecified atom stereocenters. The Bertz CT molecular complexity index is 1250. The number of hydrogen-bond acceptors (Lipinski definition) is 4. The van der Waals surface area contributed by atoms with Crippen molar-refractivity contribution < 1.29 is 13.6 Å². The molecule has 152 valence electrons. The number of aryl methyl sites for hydroxylation is 2. The average molecular weight is 408 g/mol. The first-order valence-electron chi connectivity index (χ1n) is 9.10. The van der Waals surface area contributed by atoms with E-state index in [4.69, 9.17) is 5.73 Å². The molecule has 0 fully saturated rings. The summed E-state index contributed by atoms with van der Waals surface area (Å²) in [6, 6.07) is 9.28. The summed E-state index contributed by atoms with van der Waals surface area (Å²) in [5, 5.41) is 0. The van der Waals surface area contributed by atoms with E-state index in [2.05, 4.69) is 15.0 Å². The van der Waals surface area contributed by atoms with E-state index < -0.39 is 6.03 Å². The minimum Gasteiger partial charge on any atom is -0.351 e. The monoisotopic (exact) mass is 408 g/mol. The van der Waals surface area contributed by atoms with Crippen LogP contribution in [0, 0.1) is 18.6 Å². The van der Waals surface area contributed by atoms with Gasteiger partial charge in [0.15, 0.2) is 22.8 Å². The minimum absolute atomic E-state index is 0.0696. The molecule has 0 radical (unpaired) electrons. The van der Waals surface area contributed by atoms with Crippen LogP contribution in [0.3, 0.4) is 0 Å². The van der Waals surface area contributed by atoms with Crippen LogP contribution >= 0.6 is 0 Å². The van der Waals surface area contributed by atoms with Gasteiger partial charge in [0.1, 0.15) is 11.6 Å². The second-order valence-electron chi connectivity index (χ2n) is 6.91. The highest BCUT2D eigenvalue weighted by Gasteiger charge is 2.23. The van der Waals surface area contributed by atoms with E-state index in [-0.39, 0.29) is 24.0 Å². The number of amides is 2. The molecule has 0 saturated heterocycles. The zero-order valence-corrected chi connectivity index (χ0v) is 16.3. The number of anilines is 1. The average Bonchev–Trinajstić information content (AvgIpc) is 3.08. The first-order chi connectivity index (χ1) is 14.3. The Kier molecular flexibility index (Phi) is 4.86. The first-order valence-corrected chi connectivity index (χ1v) is 9.10. The highest BCUT2D eigenvalue weighted by Crippen LogP contribution is 2.29. The van der Waals surface area contributed by atoms with Crippen LogP contribution in [-0.4, -0.2) is 25.6 Å². The molecule has 0 aliphatic heterocycles. The lowest BCUT2D eigenvalue weighted by molar-refractivity contribution is 0.253. The van der Waals surface area contributed by atoms with Gasteiger partial charge in [0.05, 0.1) is 12.9 Å². The van der Waals surface area contributed by atoms with Crippen LogP contribution in [0.4, 0.5) is 19.4 Å². The van der Waals surface area contributed by atoms with Crippen molar-refractivity contribution in [2.24, 2.45) is 12.8 Å². The molecule has 2 aromatic carbocycles. The Labute approximate surface area is 170 Å². The predicted octanol–water partition coefficient (Wildman–Crippen LogP) is 3.70. The number of aromatic nitrogens is 4. The number of hydrogen-bond donors (Lipinski definition) is 1. The fourth-order valence-corrected chi connectivity index (χ4v) is 3.21. The van der Waals surface area contributed by atoms with Crippen LogP contribution < -0.4 is 10.6 Å². The van der Waals surface area contributed by atoms with E-state index >= 15 is 0 Å². The molecule has 0 atom stereocenters. The van der Waals surface area contributed by atoms with E-state index in [1.54, 1.807) is 43.1 Å². The fourth-order valence-electron chi connectivity index (χ4n) is 3.21. The number of benzene rings is 2.